The zero-order chi connectivity index (χ0) is 14.5. The summed E-state index contributed by atoms with van der Waals surface area (Å²) in [6, 6.07) is 4.52. The maximum atomic E-state index is 12.2. The lowest BCUT2D eigenvalue weighted by atomic mass is 10.1. The number of nitrogens with one attached hydrogen (secondary N) is 2. The topological polar surface area (TPSA) is 61.4 Å². The van der Waals surface area contributed by atoms with Crippen molar-refractivity contribution in [1.29, 1.82) is 0 Å². The predicted molar refractivity (Wildman–Crippen MR) is 64.9 cm³/mol. The average molecular weight is 276 g/mol. The van der Waals surface area contributed by atoms with Gasteiger partial charge in [-0.3, -0.25) is 0 Å². The first-order valence-electron chi connectivity index (χ1n) is 5.64. The fourth-order valence-electron chi connectivity index (χ4n) is 1.43. The lowest BCUT2D eigenvalue weighted by molar-refractivity contribution is -0.127. The molecule has 1 aromatic carbocycles. The number of carbonyl (C=O) groups is 1. The van der Waals surface area contributed by atoms with Crippen molar-refractivity contribution >= 4 is 11.7 Å². The number of aliphatic hydroxyl groups excluding tert-OH is 1. The fourth-order valence-corrected chi connectivity index (χ4v) is 1.43. The molecule has 1 rings (SSSR count). The molecule has 0 fully saturated rings. The van der Waals surface area contributed by atoms with Crippen molar-refractivity contribution in [3.8, 4) is 0 Å². The number of anilines is 1. The van der Waals surface area contributed by atoms with Crippen molar-refractivity contribution < 1.29 is 23.1 Å². The molecule has 0 radical (unpaired) electrons. The third kappa shape index (κ3) is 6.10. The van der Waals surface area contributed by atoms with Crippen LogP contribution in [0.5, 0.6) is 0 Å². The quantitative estimate of drug-likeness (QED) is 0.790. The molecular formula is C12H15F3N2O2. The Morgan fingerprint density at radius 2 is 2.11 bits per heavy atom. The summed E-state index contributed by atoms with van der Waals surface area (Å²) in [5.41, 5.74) is 0.338. The zero-order valence-electron chi connectivity index (χ0n) is 10.3. The predicted octanol–water partition coefficient (Wildman–Crippen LogP) is 2.29. The summed E-state index contributed by atoms with van der Waals surface area (Å²) in [6.45, 7) is 1.38. The van der Waals surface area contributed by atoms with E-state index in [-0.39, 0.29) is 17.9 Å². The minimum absolute atomic E-state index is 0.0699. The van der Waals surface area contributed by atoms with Crippen LogP contribution in [-0.2, 0) is 6.42 Å². The van der Waals surface area contributed by atoms with Crippen LogP contribution < -0.4 is 10.6 Å². The Morgan fingerprint density at radius 1 is 1.42 bits per heavy atom. The molecule has 1 atom stereocenters. The molecule has 1 aromatic rings. The van der Waals surface area contributed by atoms with Crippen LogP contribution in [0.15, 0.2) is 24.3 Å². The molecule has 0 bridgehead atoms. The summed E-state index contributed by atoms with van der Waals surface area (Å²) in [7, 11) is 0. The summed E-state index contributed by atoms with van der Waals surface area (Å²) in [5, 5.41) is 13.6. The van der Waals surface area contributed by atoms with Gasteiger partial charge >= 0.3 is 12.2 Å². The number of halogens is 3. The Labute approximate surface area is 108 Å². The summed E-state index contributed by atoms with van der Waals surface area (Å²) < 4.78 is 36.7. The Hall–Kier alpha value is -1.76. The van der Waals surface area contributed by atoms with E-state index in [9.17, 15) is 18.0 Å². The number of urea groups is 1. The first-order valence-corrected chi connectivity index (χ1v) is 5.64. The third-order valence-corrected chi connectivity index (χ3v) is 2.24. The number of amides is 2. The highest BCUT2D eigenvalue weighted by Gasteiger charge is 2.27. The average Bonchev–Trinajstić information content (AvgIpc) is 2.26. The number of hydrogen-bond acceptors (Lipinski definition) is 2. The van der Waals surface area contributed by atoms with Crippen LogP contribution >= 0.6 is 0 Å². The maximum Gasteiger partial charge on any atom is 0.393 e. The molecule has 19 heavy (non-hydrogen) atoms. The highest BCUT2D eigenvalue weighted by Crippen LogP contribution is 2.22. The highest BCUT2D eigenvalue weighted by atomic mass is 19.4. The van der Waals surface area contributed by atoms with Crippen molar-refractivity contribution in [3.05, 3.63) is 29.8 Å². The zero-order valence-corrected chi connectivity index (χ0v) is 10.3. The molecule has 0 saturated heterocycles. The number of hydrogen-bond donors (Lipinski definition) is 3. The monoisotopic (exact) mass is 276 g/mol. The van der Waals surface area contributed by atoms with Gasteiger partial charge < -0.3 is 15.7 Å². The molecule has 4 nitrogen and oxygen atoms in total. The van der Waals surface area contributed by atoms with Crippen LogP contribution in [0, 0.1) is 0 Å². The van der Waals surface area contributed by atoms with E-state index >= 15 is 0 Å². The van der Waals surface area contributed by atoms with Crippen LogP contribution in [0.3, 0.4) is 0 Å². The van der Waals surface area contributed by atoms with Crippen molar-refractivity contribution in [2.45, 2.75) is 25.6 Å². The minimum Gasteiger partial charge on any atom is -0.394 e. The first-order chi connectivity index (χ1) is 8.80. The largest absolute Gasteiger partial charge is 0.394 e. The number of rotatable bonds is 4. The molecule has 0 aliphatic heterocycles. The van der Waals surface area contributed by atoms with Gasteiger partial charge in [0.05, 0.1) is 19.1 Å². The lowest BCUT2D eigenvalue weighted by Crippen LogP contribution is -2.38. The number of benzene rings is 1. The standard InChI is InChI=1S/C12H15F3N2O2/c1-8(7-18)16-11(19)17-10-4-2-3-9(5-10)6-12(13,14)15/h2-5,8,18H,6-7H2,1H3,(H2,16,17,19). The van der Waals surface area contributed by atoms with E-state index in [4.69, 9.17) is 5.11 Å². The molecule has 0 aliphatic rings. The van der Waals surface area contributed by atoms with Crippen LogP contribution in [0.4, 0.5) is 23.7 Å². The smallest absolute Gasteiger partial charge is 0.393 e. The Morgan fingerprint density at radius 3 is 2.68 bits per heavy atom. The second-order valence-electron chi connectivity index (χ2n) is 4.17. The van der Waals surface area contributed by atoms with Crippen molar-refractivity contribution in [1.82, 2.24) is 5.32 Å². The molecule has 1 unspecified atom stereocenters. The van der Waals surface area contributed by atoms with Crippen molar-refractivity contribution in [3.63, 3.8) is 0 Å². The molecule has 2 amide bonds. The van der Waals surface area contributed by atoms with Crippen LogP contribution in [0.1, 0.15) is 12.5 Å². The van der Waals surface area contributed by atoms with Crippen molar-refractivity contribution in [2.24, 2.45) is 0 Å². The number of aliphatic hydroxyl groups is 1. The summed E-state index contributed by atoms with van der Waals surface area (Å²) in [6.07, 6.45) is -5.33. The molecule has 0 aromatic heterocycles. The minimum atomic E-state index is -4.29. The molecule has 3 N–H and O–H groups in total. The van der Waals surface area contributed by atoms with E-state index in [1.54, 1.807) is 6.92 Å². The van der Waals surface area contributed by atoms with Gasteiger partial charge in [0.15, 0.2) is 0 Å². The molecule has 0 saturated carbocycles. The van der Waals surface area contributed by atoms with Crippen LogP contribution in [0.2, 0.25) is 0 Å². The molecule has 7 heteroatoms. The Balaban J connectivity index is 2.64. The normalized spacial score (nSPS) is 12.9. The Bertz CT molecular complexity index is 435. The van der Waals surface area contributed by atoms with Crippen LogP contribution in [-0.4, -0.2) is 30.0 Å². The summed E-state index contributed by atoms with van der Waals surface area (Å²) in [4.78, 5) is 11.4. The maximum absolute atomic E-state index is 12.2. The van der Waals surface area contributed by atoms with Gasteiger partial charge in [0.25, 0.3) is 0 Å². The van der Waals surface area contributed by atoms with Gasteiger partial charge in [0.2, 0.25) is 0 Å². The molecule has 0 heterocycles. The Kier molecular flexibility index (Phi) is 5.17. The number of alkyl halides is 3. The summed E-state index contributed by atoms with van der Waals surface area (Å²) >= 11 is 0. The SMILES string of the molecule is CC(CO)NC(=O)Nc1cccc(CC(F)(F)F)c1. The van der Waals surface area contributed by atoms with Gasteiger partial charge in [-0.1, -0.05) is 12.1 Å². The lowest BCUT2D eigenvalue weighted by Gasteiger charge is -2.13. The first kappa shape index (κ1) is 15.3. The van der Waals surface area contributed by atoms with E-state index in [0.29, 0.717) is 0 Å². The van der Waals surface area contributed by atoms with Crippen LogP contribution in [0.25, 0.3) is 0 Å². The van der Waals surface area contributed by atoms with Gasteiger partial charge in [-0.25, -0.2) is 4.79 Å². The van der Waals surface area contributed by atoms with E-state index in [2.05, 4.69) is 10.6 Å². The van der Waals surface area contributed by atoms with Gasteiger partial charge in [0.1, 0.15) is 0 Å². The van der Waals surface area contributed by atoms with Crippen molar-refractivity contribution in [2.75, 3.05) is 11.9 Å². The van der Waals surface area contributed by atoms with Gasteiger partial charge in [-0.05, 0) is 24.6 Å². The van der Waals surface area contributed by atoms with E-state index in [1.807, 2.05) is 0 Å². The van der Waals surface area contributed by atoms with E-state index in [1.165, 1.54) is 24.3 Å². The third-order valence-electron chi connectivity index (χ3n) is 2.24. The molecular weight excluding hydrogens is 261 g/mol. The van der Waals surface area contributed by atoms with Gasteiger partial charge in [0, 0.05) is 5.69 Å². The van der Waals surface area contributed by atoms with E-state index in [0.717, 1.165) is 0 Å². The summed E-state index contributed by atoms with van der Waals surface area (Å²) in [5.74, 6) is 0. The van der Waals surface area contributed by atoms with Gasteiger partial charge in [-0.15, -0.1) is 0 Å². The molecule has 0 aliphatic carbocycles. The highest BCUT2D eigenvalue weighted by molar-refractivity contribution is 5.89. The van der Waals surface area contributed by atoms with E-state index < -0.39 is 24.7 Å². The fraction of sp³-hybridized carbons (Fsp3) is 0.417. The molecule has 0 spiro atoms. The second-order valence-corrected chi connectivity index (χ2v) is 4.17. The van der Waals surface area contributed by atoms with Gasteiger partial charge in [-0.2, -0.15) is 13.2 Å². The molecule has 106 valence electrons. The second kappa shape index (κ2) is 6.42. The number of carbonyl (C=O) groups excluding carboxylic acids is 1.